The van der Waals surface area contributed by atoms with Gasteiger partial charge < -0.3 is 19.7 Å². The van der Waals surface area contributed by atoms with Crippen molar-refractivity contribution in [3.05, 3.63) is 18.2 Å². The van der Waals surface area contributed by atoms with Gasteiger partial charge >= 0.3 is 0 Å². The van der Waals surface area contributed by atoms with Crippen molar-refractivity contribution < 1.29 is 19.1 Å². The number of nitrogens with zero attached hydrogens (tertiary/aromatic N) is 1. The molecule has 1 rings (SSSR count). The van der Waals surface area contributed by atoms with Crippen molar-refractivity contribution in [2.75, 3.05) is 25.7 Å². The van der Waals surface area contributed by atoms with Crippen molar-refractivity contribution in [1.82, 2.24) is 5.32 Å². The Hall–Kier alpha value is -2.24. The third-order valence-electron chi connectivity index (χ3n) is 3.38. The lowest BCUT2D eigenvalue weighted by Crippen LogP contribution is -2.42. The number of anilines is 1. The van der Waals surface area contributed by atoms with Gasteiger partial charge in [-0.25, -0.2) is 0 Å². The minimum atomic E-state index is -0.216. The molecule has 0 fully saturated rings. The van der Waals surface area contributed by atoms with E-state index in [1.54, 1.807) is 25.3 Å². The SMILES string of the molecule is CCC(C)NC(=O)CN(C(C)=O)c1ccc(OC)c(OC)c1. The summed E-state index contributed by atoms with van der Waals surface area (Å²) in [5.74, 6) is 0.665. The summed E-state index contributed by atoms with van der Waals surface area (Å²) < 4.78 is 10.4. The molecule has 1 aromatic rings. The van der Waals surface area contributed by atoms with Gasteiger partial charge in [-0.1, -0.05) is 6.92 Å². The summed E-state index contributed by atoms with van der Waals surface area (Å²) in [6.45, 7) is 5.30. The lowest BCUT2D eigenvalue weighted by atomic mass is 10.2. The Labute approximate surface area is 131 Å². The Morgan fingerprint density at radius 3 is 2.36 bits per heavy atom. The topological polar surface area (TPSA) is 67.9 Å². The Morgan fingerprint density at radius 2 is 1.86 bits per heavy atom. The molecule has 0 saturated heterocycles. The predicted molar refractivity (Wildman–Crippen MR) is 85.5 cm³/mol. The van der Waals surface area contributed by atoms with Crippen molar-refractivity contribution in [3.63, 3.8) is 0 Å². The molecule has 0 heterocycles. The molecule has 0 aromatic heterocycles. The summed E-state index contributed by atoms with van der Waals surface area (Å²) in [6.07, 6.45) is 0.835. The Balaban J connectivity index is 2.96. The number of methoxy groups -OCH3 is 2. The monoisotopic (exact) mass is 308 g/mol. The fourth-order valence-electron chi connectivity index (χ4n) is 1.94. The molecule has 1 aromatic carbocycles. The molecule has 0 aliphatic carbocycles. The van der Waals surface area contributed by atoms with Gasteiger partial charge in [-0.15, -0.1) is 0 Å². The molecule has 0 saturated carbocycles. The number of carbonyl (C=O) groups is 2. The predicted octanol–water partition coefficient (Wildman–Crippen LogP) is 1.97. The molecule has 0 radical (unpaired) electrons. The lowest BCUT2D eigenvalue weighted by Gasteiger charge is -2.23. The van der Waals surface area contributed by atoms with Crippen LogP contribution < -0.4 is 19.7 Å². The van der Waals surface area contributed by atoms with Gasteiger partial charge in [0.25, 0.3) is 0 Å². The summed E-state index contributed by atoms with van der Waals surface area (Å²) in [4.78, 5) is 25.3. The largest absolute Gasteiger partial charge is 0.493 e. The number of carbonyl (C=O) groups excluding carboxylic acids is 2. The molecule has 0 aliphatic rings. The summed E-state index contributed by atoms with van der Waals surface area (Å²) in [7, 11) is 3.06. The van der Waals surface area contributed by atoms with Gasteiger partial charge in [0.05, 0.1) is 14.2 Å². The van der Waals surface area contributed by atoms with Crippen LogP contribution in [0.2, 0.25) is 0 Å². The molecular weight excluding hydrogens is 284 g/mol. The summed E-state index contributed by atoms with van der Waals surface area (Å²) in [6, 6.07) is 5.18. The van der Waals surface area contributed by atoms with E-state index in [1.165, 1.54) is 18.9 Å². The van der Waals surface area contributed by atoms with Crippen LogP contribution in [0, 0.1) is 0 Å². The van der Waals surface area contributed by atoms with Gasteiger partial charge in [0, 0.05) is 24.7 Å². The average Bonchev–Trinajstić information content (AvgIpc) is 2.51. The molecule has 0 spiro atoms. The van der Waals surface area contributed by atoms with E-state index >= 15 is 0 Å². The first-order chi connectivity index (χ1) is 10.4. The second-order valence-electron chi connectivity index (χ2n) is 5.02. The minimum Gasteiger partial charge on any atom is -0.493 e. The highest BCUT2D eigenvalue weighted by Crippen LogP contribution is 2.31. The van der Waals surface area contributed by atoms with Crippen molar-refractivity contribution >= 4 is 17.5 Å². The van der Waals surface area contributed by atoms with Crippen LogP contribution in [0.1, 0.15) is 27.2 Å². The van der Waals surface area contributed by atoms with Crippen LogP contribution in [0.15, 0.2) is 18.2 Å². The number of benzene rings is 1. The lowest BCUT2D eigenvalue weighted by molar-refractivity contribution is -0.123. The Kier molecular flexibility index (Phi) is 6.69. The molecule has 1 atom stereocenters. The van der Waals surface area contributed by atoms with E-state index in [2.05, 4.69) is 5.32 Å². The van der Waals surface area contributed by atoms with Gasteiger partial charge in [-0.2, -0.15) is 0 Å². The third kappa shape index (κ3) is 4.65. The molecule has 1 N–H and O–H groups in total. The molecule has 2 amide bonds. The quantitative estimate of drug-likeness (QED) is 0.836. The first kappa shape index (κ1) is 17.8. The van der Waals surface area contributed by atoms with Crippen LogP contribution in [0.25, 0.3) is 0 Å². The molecule has 122 valence electrons. The highest BCUT2D eigenvalue weighted by atomic mass is 16.5. The van der Waals surface area contributed by atoms with Gasteiger partial charge in [0.2, 0.25) is 11.8 Å². The summed E-state index contributed by atoms with van der Waals surface area (Å²) >= 11 is 0. The molecule has 0 bridgehead atoms. The second kappa shape index (κ2) is 8.26. The van der Waals surface area contributed by atoms with E-state index in [4.69, 9.17) is 9.47 Å². The number of nitrogens with one attached hydrogen (secondary N) is 1. The average molecular weight is 308 g/mol. The molecule has 6 heteroatoms. The highest BCUT2D eigenvalue weighted by molar-refractivity contribution is 5.97. The van der Waals surface area contributed by atoms with Crippen molar-refractivity contribution in [2.24, 2.45) is 0 Å². The second-order valence-corrected chi connectivity index (χ2v) is 5.02. The van der Waals surface area contributed by atoms with Crippen LogP contribution in [0.3, 0.4) is 0 Å². The zero-order valence-corrected chi connectivity index (χ0v) is 13.8. The zero-order valence-electron chi connectivity index (χ0n) is 13.8. The maximum absolute atomic E-state index is 12.0. The van der Waals surface area contributed by atoms with E-state index in [0.29, 0.717) is 17.2 Å². The maximum atomic E-state index is 12.0. The van der Waals surface area contributed by atoms with Crippen molar-refractivity contribution in [2.45, 2.75) is 33.2 Å². The number of ether oxygens (including phenoxy) is 2. The maximum Gasteiger partial charge on any atom is 0.240 e. The number of rotatable bonds is 7. The minimum absolute atomic E-state index is 0.0326. The van der Waals surface area contributed by atoms with E-state index in [1.807, 2.05) is 13.8 Å². The smallest absolute Gasteiger partial charge is 0.240 e. The fourth-order valence-corrected chi connectivity index (χ4v) is 1.94. The number of hydrogen-bond acceptors (Lipinski definition) is 4. The van der Waals surface area contributed by atoms with Gasteiger partial charge in [0.1, 0.15) is 6.54 Å². The first-order valence-electron chi connectivity index (χ1n) is 7.22. The van der Waals surface area contributed by atoms with Crippen LogP contribution in [-0.4, -0.2) is 38.6 Å². The van der Waals surface area contributed by atoms with Gasteiger partial charge in [-0.3, -0.25) is 9.59 Å². The fraction of sp³-hybridized carbons (Fsp3) is 0.500. The molecule has 0 aliphatic heterocycles. The standard InChI is InChI=1S/C16H24N2O4/c1-6-11(2)17-16(20)10-18(12(3)19)13-7-8-14(21-4)15(9-13)22-5/h7-9,11H,6,10H2,1-5H3,(H,17,20). The van der Waals surface area contributed by atoms with Crippen LogP contribution in [0.4, 0.5) is 5.69 Å². The van der Waals surface area contributed by atoms with E-state index in [-0.39, 0.29) is 24.4 Å². The number of hydrogen-bond donors (Lipinski definition) is 1. The zero-order chi connectivity index (χ0) is 16.7. The Morgan fingerprint density at radius 1 is 1.23 bits per heavy atom. The number of amides is 2. The van der Waals surface area contributed by atoms with E-state index in [0.717, 1.165) is 6.42 Å². The van der Waals surface area contributed by atoms with Crippen molar-refractivity contribution in [3.8, 4) is 11.5 Å². The summed E-state index contributed by atoms with van der Waals surface area (Å²) in [5.41, 5.74) is 0.587. The molecule has 6 nitrogen and oxygen atoms in total. The van der Waals surface area contributed by atoms with Gasteiger partial charge in [-0.05, 0) is 25.5 Å². The van der Waals surface area contributed by atoms with Crippen LogP contribution in [-0.2, 0) is 9.59 Å². The van der Waals surface area contributed by atoms with Crippen molar-refractivity contribution in [1.29, 1.82) is 0 Å². The highest BCUT2D eigenvalue weighted by Gasteiger charge is 2.18. The summed E-state index contributed by atoms with van der Waals surface area (Å²) in [5, 5.41) is 2.85. The third-order valence-corrected chi connectivity index (χ3v) is 3.38. The van der Waals surface area contributed by atoms with Gasteiger partial charge in [0.15, 0.2) is 11.5 Å². The normalized spacial score (nSPS) is 11.5. The molecule has 22 heavy (non-hydrogen) atoms. The van der Waals surface area contributed by atoms with E-state index < -0.39 is 0 Å². The molecule has 1 unspecified atom stereocenters. The van der Waals surface area contributed by atoms with E-state index in [9.17, 15) is 9.59 Å². The molecular formula is C16H24N2O4. The first-order valence-corrected chi connectivity index (χ1v) is 7.22. The van der Waals surface area contributed by atoms with Crippen LogP contribution in [0.5, 0.6) is 11.5 Å². The Bertz CT molecular complexity index is 531. The van der Waals surface area contributed by atoms with Crippen LogP contribution >= 0.6 is 0 Å².